The molecule has 3 saturated carbocycles. The summed E-state index contributed by atoms with van der Waals surface area (Å²) in [6.07, 6.45) is 11.2. The van der Waals surface area contributed by atoms with E-state index in [2.05, 4.69) is 15.6 Å². The largest absolute Gasteiger partial charge is 0.312 e. The van der Waals surface area contributed by atoms with Crippen molar-refractivity contribution in [1.82, 2.24) is 20.3 Å². The van der Waals surface area contributed by atoms with E-state index >= 15 is 0 Å². The minimum Gasteiger partial charge on any atom is -0.312 e. The van der Waals surface area contributed by atoms with Gasteiger partial charge in [0.2, 0.25) is 0 Å². The minimum atomic E-state index is 0.790. The van der Waals surface area contributed by atoms with Crippen LogP contribution < -0.4 is 5.32 Å². The van der Waals surface area contributed by atoms with Crippen molar-refractivity contribution in [1.29, 1.82) is 0 Å². The van der Waals surface area contributed by atoms with E-state index in [1.54, 1.807) is 6.20 Å². The van der Waals surface area contributed by atoms with Crippen molar-refractivity contribution in [3.05, 3.63) is 12.4 Å². The van der Waals surface area contributed by atoms with Crippen molar-refractivity contribution in [3.8, 4) is 0 Å². The smallest absolute Gasteiger partial charge is 0.0692 e. The number of hydrogen-bond donors (Lipinski definition) is 1. The van der Waals surface area contributed by atoms with Crippen LogP contribution in [-0.4, -0.2) is 27.6 Å². The Kier molecular flexibility index (Phi) is 2.64. The second-order valence-corrected chi connectivity index (χ2v) is 6.38. The molecule has 1 heterocycles. The molecule has 98 valence electrons. The van der Waals surface area contributed by atoms with Crippen molar-refractivity contribution < 1.29 is 0 Å². The molecule has 4 heteroatoms. The van der Waals surface area contributed by atoms with Gasteiger partial charge in [0.25, 0.3) is 0 Å². The fourth-order valence-corrected chi connectivity index (χ4v) is 5.02. The van der Waals surface area contributed by atoms with Crippen molar-refractivity contribution in [2.75, 3.05) is 6.54 Å². The van der Waals surface area contributed by atoms with Crippen LogP contribution >= 0.6 is 0 Å². The number of aromatic nitrogens is 3. The summed E-state index contributed by atoms with van der Waals surface area (Å²) in [5, 5.41) is 11.6. The number of nitrogens with one attached hydrogen (secondary N) is 1. The highest BCUT2D eigenvalue weighted by atomic mass is 15.4. The topological polar surface area (TPSA) is 42.7 Å². The van der Waals surface area contributed by atoms with Crippen LogP contribution in [0.3, 0.4) is 0 Å². The summed E-state index contributed by atoms with van der Waals surface area (Å²) in [6, 6.07) is 0.790. The van der Waals surface area contributed by atoms with Crippen LogP contribution in [0.4, 0.5) is 0 Å². The summed E-state index contributed by atoms with van der Waals surface area (Å²) in [5.74, 6) is 4.20. The highest BCUT2D eigenvalue weighted by Gasteiger charge is 2.53. The molecule has 1 aromatic rings. The number of fused-ring (bicyclic) bond motifs is 5. The Balaban J connectivity index is 1.32. The molecule has 3 aliphatic carbocycles. The van der Waals surface area contributed by atoms with Crippen LogP contribution in [0.2, 0.25) is 0 Å². The lowest BCUT2D eigenvalue weighted by molar-refractivity contribution is 0.207. The molecule has 0 radical (unpaired) electrons. The number of nitrogens with zero attached hydrogens (tertiary/aromatic N) is 3. The maximum Gasteiger partial charge on any atom is 0.0692 e. The molecule has 5 unspecified atom stereocenters. The van der Waals surface area contributed by atoms with Crippen LogP contribution in [0.5, 0.6) is 0 Å². The molecule has 3 fully saturated rings. The molecule has 4 nitrogen and oxygen atoms in total. The van der Waals surface area contributed by atoms with Gasteiger partial charge in [0.15, 0.2) is 0 Å². The first-order valence-corrected chi connectivity index (χ1v) is 7.49. The van der Waals surface area contributed by atoms with E-state index in [0.29, 0.717) is 0 Å². The van der Waals surface area contributed by atoms with Crippen LogP contribution in [0.15, 0.2) is 12.4 Å². The van der Waals surface area contributed by atoms with Crippen LogP contribution in [-0.2, 0) is 6.54 Å². The van der Waals surface area contributed by atoms with Crippen molar-refractivity contribution >= 4 is 0 Å². The lowest BCUT2D eigenvalue weighted by atomic mass is 9.79. The van der Waals surface area contributed by atoms with Crippen LogP contribution in [0, 0.1) is 23.7 Å². The van der Waals surface area contributed by atoms with Gasteiger partial charge in [-0.3, -0.25) is 4.68 Å². The third kappa shape index (κ3) is 1.69. The Morgan fingerprint density at radius 1 is 1.17 bits per heavy atom. The first-order chi connectivity index (χ1) is 8.92. The molecule has 0 aliphatic heterocycles. The van der Waals surface area contributed by atoms with Crippen molar-refractivity contribution in [2.45, 2.75) is 44.7 Å². The van der Waals surface area contributed by atoms with Gasteiger partial charge in [-0.15, -0.1) is 5.10 Å². The molecular formula is C14H22N4. The van der Waals surface area contributed by atoms with E-state index < -0.39 is 0 Å². The van der Waals surface area contributed by atoms with Gasteiger partial charge < -0.3 is 5.32 Å². The Morgan fingerprint density at radius 2 is 2.11 bits per heavy atom. The highest BCUT2D eigenvalue weighted by molar-refractivity contribution is 5.05. The standard InChI is InChI=1S/C14H22N4/c1-2-11-10-8-13(12(11)3-1)14(9-10)15-4-6-18-7-5-16-17-18/h5,7,10-15H,1-4,6,8-9H2. The number of rotatable bonds is 4. The summed E-state index contributed by atoms with van der Waals surface area (Å²) >= 11 is 0. The van der Waals surface area contributed by atoms with E-state index in [9.17, 15) is 0 Å². The molecule has 0 spiro atoms. The zero-order chi connectivity index (χ0) is 11.9. The molecule has 0 aromatic carbocycles. The third-order valence-electron chi connectivity index (χ3n) is 5.65. The van der Waals surface area contributed by atoms with Crippen LogP contribution in [0.25, 0.3) is 0 Å². The zero-order valence-electron chi connectivity index (χ0n) is 10.8. The molecule has 1 N–H and O–H groups in total. The molecule has 18 heavy (non-hydrogen) atoms. The summed E-state index contributed by atoms with van der Waals surface area (Å²) in [6.45, 7) is 1.98. The average Bonchev–Trinajstić information content (AvgIpc) is 3.12. The van der Waals surface area contributed by atoms with Crippen molar-refractivity contribution in [2.24, 2.45) is 23.7 Å². The van der Waals surface area contributed by atoms with Gasteiger partial charge in [-0.25, -0.2) is 0 Å². The molecule has 0 saturated heterocycles. The fourth-order valence-electron chi connectivity index (χ4n) is 5.02. The summed E-state index contributed by atoms with van der Waals surface area (Å²) in [4.78, 5) is 0. The van der Waals surface area contributed by atoms with Gasteiger partial charge in [0, 0.05) is 18.8 Å². The first-order valence-electron chi connectivity index (χ1n) is 7.49. The lowest BCUT2D eigenvalue weighted by Crippen LogP contribution is -2.40. The predicted molar refractivity (Wildman–Crippen MR) is 68.9 cm³/mol. The van der Waals surface area contributed by atoms with E-state index in [-0.39, 0.29) is 0 Å². The normalized spacial score (nSPS) is 41.4. The van der Waals surface area contributed by atoms with Crippen LogP contribution in [0.1, 0.15) is 32.1 Å². The van der Waals surface area contributed by atoms with Gasteiger partial charge in [-0.05, 0) is 49.4 Å². The zero-order valence-corrected chi connectivity index (χ0v) is 10.8. The summed E-state index contributed by atoms with van der Waals surface area (Å²) < 4.78 is 1.92. The van der Waals surface area contributed by atoms with Gasteiger partial charge >= 0.3 is 0 Å². The molecule has 5 atom stereocenters. The Bertz CT molecular complexity index is 402. The monoisotopic (exact) mass is 246 g/mol. The average molecular weight is 246 g/mol. The highest BCUT2D eigenvalue weighted by Crippen LogP contribution is 2.58. The van der Waals surface area contributed by atoms with Gasteiger partial charge in [0.1, 0.15) is 0 Å². The minimum absolute atomic E-state index is 0.790. The second kappa shape index (κ2) is 4.34. The van der Waals surface area contributed by atoms with Gasteiger partial charge in [-0.1, -0.05) is 11.6 Å². The van der Waals surface area contributed by atoms with E-state index in [1.807, 2.05) is 10.9 Å². The van der Waals surface area contributed by atoms with Gasteiger partial charge in [0.05, 0.1) is 12.7 Å². The molecule has 3 aliphatic rings. The van der Waals surface area contributed by atoms with E-state index in [1.165, 1.54) is 32.1 Å². The maximum absolute atomic E-state index is 4.01. The molecular weight excluding hydrogens is 224 g/mol. The lowest BCUT2D eigenvalue weighted by Gasteiger charge is -2.32. The summed E-state index contributed by atoms with van der Waals surface area (Å²) in [7, 11) is 0. The number of hydrogen-bond acceptors (Lipinski definition) is 3. The summed E-state index contributed by atoms with van der Waals surface area (Å²) in [5.41, 5.74) is 0. The Hall–Kier alpha value is -0.900. The Labute approximate surface area is 108 Å². The molecule has 1 aromatic heterocycles. The fraction of sp³-hybridized carbons (Fsp3) is 0.857. The van der Waals surface area contributed by atoms with Gasteiger partial charge in [-0.2, -0.15) is 0 Å². The quantitative estimate of drug-likeness (QED) is 0.879. The van der Waals surface area contributed by atoms with E-state index in [4.69, 9.17) is 0 Å². The SMILES string of the molecule is c1cn(CCNC2CC3CC2C2CCCC32)nn1. The molecule has 4 rings (SSSR count). The molecule has 2 bridgehead atoms. The Morgan fingerprint density at radius 3 is 3.00 bits per heavy atom. The predicted octanol–water partition coefficient (Wildman–Crippen LogP) is 1.69. The third-order valence-corrected chi connectivity index (χ3v) is 5.65. The van der Waals surface area contributed by atoms with Crippen molar-refractivity contribution in [3.63, 3.8) is 0 Å². The van der Waals surface area contributed by atoms with E-state index in [0.717, 1.165) is 42.8 Å². The second-order valence-electron chi connectivity index (χ2n) is 6.38. The molecule has 0 amide bonds. The maximum atomic E-state index is 4.01. The first kappa shape index (κ1) is 11.0.